The van der Waals surface area contributed by atoms with Gasteiger partial charge in [0.25, 0.3) is 0 Å². The summed E-state index contributed by atoms with van der Waals surface area (Å²) in [6, 6.07) is 21.1. The van der Waals surface area contributed by atoms with Crippen molar-refractivity contribution in [3.05, 3.63) is 83.7 Å². The highest BCUT2D eigenvalue weighted by Gasteiger charge is 2.25. The van der Waals surface area contributed by atoms with Crippen LogP contribution in [-0.4, -0.2) is 62.1 Å². The third kappa shape index (κ3) is 6.07. The molecule has 2 heterocycles. The van der Waals surface area contributed by atoms with Crippen LogP contribution in [0.3, 0.4) is 0 Å². The number of benzene rings is 3. The van der Waals surface area contributed by atoms with Gasteiger partial charge in [0.2, 0.25) is 0 Å². The minimum Gasteiger partial charge on any atom is -0.497 e. The van der Waals surface area contributed by atoms with E-state index in [4.69, 9.17) is 9.72 Å². The predicted molar refractivity (Wildman–Crippen MR) is 149 cm³/mol. The molecule has 11 heteroatoms. The molecule has 1 aliphatic rings. The Labute approximate surface area is 225 Å². The third-order valence-electron chi connectivity index (χ3n) is 6.70. The van der Waals surface area contributed by atoms with Crippen molar-refractivity contribution in [1.82, 2.24) is 9.29 Å². The maximum absolute atomic E-state index is 14.4. The van der Waals surface area contributed by atoms with Crippen LogP contribution in [0.2, 0.25) is 0 Å². The predicted octanol–water partition coefficient (Wildman–Crippen LogP) is 4.62. The summed E-state index contributed by atoms with van der Waals surface area (Å²) in [5, 5.41) is 0.768. The number of ether oxygens (including phenoxy) is 1. The molecule has 200 valence electrons. The largest absolute Gasteiger partial charge is 0.497 e. The van der Waals surface area contributed by atoms with Gasteiger partial charge in [0.15, 0.2) is 5.13 Å². The van der Waals surface area contributed by atoms with E-state index in [-0.39, 0.29) is 18.9 Å². The van der Waals surface area contributed by atoms with Gasteiger partial charge in [-0.1, -0.05) is 41.7 Å². The molecule has 0 spiro atoms. The van der Waals surface area contributed by atoms with E-state index < -0.39 is 10.3 Å². The van der Waals surface area contributed by atoms with E-state index >= 15 is 0 Å². The first-order valence-corrected chi connectivity index (χ1v) is 14.5. The Kier molecular flexibility index (Phi) is 7.80. The third-order valence-corrected chi connectivity index (χ3v) is 8.85. The van der Waals surface area contributed by atoms with Crippen LogP contribution in [0.5, 0.6) is 5.75 Å². The zero-order chi connectivity index (χ0) is 26.7. The van der Waals surface area contributed by atoms with E-state index in [9.17, 15) is 17.4 Å². The average molecular weight is 557 g/mol. The molecule has 38 heavy (non-hydrogen) atoms. The van der Waals surface area contributed by atoms with Gasteiger partial charge >= 0.3 is 10.3 Å². The van der Waals surface area contributed by atoms with Gasteiger partial charge in [-0.25, -0.2) is 9.37 Å². The number of piperazine rings is 1. The molecule has 0 unspecified atom stereocenters. The monoisotopic (exact) mass is 556 g/mol. The Bertz CT molecular complexity index is 1490. The van der Waals surface area contributed by atoms with E-state index in [1.807, 2.05) is 42.5 Å². The molecule has 0 atom stereocenters. The summed E-state index contributed by atoms with van der Waals surface area (Å²) in [5.74, 6) is 0.548. The Morgan fingerprint density at radius 3 is 2.32 bits per heavy atom. The number of nitrogens with zero attached hydrogens (tertiary/aromatic N) is 4. The maximum atomic E-state index is 14.4. The lowest BCUT2D eigenvalue weighted by atomic mass is 10.1. The molecule has 8 nitrogen and oxygen atoms in total. The van der Waals surface area contributed by atoms with Gasteiger partial charge in [0.1, 0.15) is 11.6 Å². The van der Waals surface area contributed by atoms with E-state index in [2.05, 4.69) is 21.9 Å². The number of halogens is 1. The zero-order valence-corrected chi connectivity index (χ0v) is 22.6. The van der Waals surface area contributed by atoms with Crippen molar-refractivity contribution in [2.24, 2.45) is 0 Å². The van der Waals surface area contributed by atoms with Crippen LogP contribution in [0.4, 0.5) is 15.2 Å². The lowest BCUT2D eigenvalue weighted by Gasteiger charge is -2.34. The molecule has 3 aromatic carbocycles. The second kappa shape index (κ2) is 11.2. The molecule has 1 N–H and O–H groups in total. The summed E-state index contributed by atoms with van der Waals surface area (Å²) in [6.07, 6.45) is 0.790. The number of hydrogen-bond donors (Lipinski definition) is 1. The summed E-state index contributed by atoms with van der Waals surface area (Å²) < 4.78 is 53.3. The molecule has 5 rings (SSSR count). The Morgan fingerprint density at radius 2 is 1.68 bits per heavy atom. The summed E-state index contributed by atoms with van der Waals surface area (Å²) in [6.45, 7) is 2.80. The Hall–Kier alpha value is -3.25. The minimum atomic E-state index is -4.15. The van der Waals surface area contributed by atoms with Gasteiger partial charge in [-0.2, -0.15) is 12.7 Å². The molecule has 0 bridgehead atoms. The summed E-state index contributed by atoms with van der Waals surface area (Å²) >= 11 is 1.36. The summed E-state index contributed by atoms with van der Waals surface area (Å²) in [5.41, 5.74) is 3.90. The topological polar surface area (TPSA) is 86.2 Å². The molecule has 0 saturated carbocycles. The van der Waals surface area contributed by atoms with Crippen LogP contribution in [-0.2, 0) is 23.3 Å². The molecule has 0 aliphatic carbocycles. The van der Waals surface area contributed by atoms with Crippen LogP contribution in [0.25, 0.3) is 10.2 Å². The summed E-state index contributed by atoms with van der Waals surface area (Å²) in [4.78, 5) is 9.00. The van der Waals surface area contributed by atoms with E-state index in [1.165, 1.54) is 23.0 Å². The fourth-order valence-electron chi connectivity index (χ4n) is 4.55. The van der Waals surface area contributed by atoms with Crippen molar-refractivity contribution in [3.8, 4) is 5.75 Å². The molecule has 4 aromatic rings. The van der Waals surface area contributed by atoms with Gasteiger partial charge in [-0.05, 0) is 53.9 Å². The van der Waals surface area contributed by atoms with Crippen LogP contribution in [0.15, 0.2) is 66.7 Å². The number of rotatable bonds is 9. The van der Waals surface area contributed by atoms with Crippen molar-refractivity contribution < 1.29 is 22.1 Å². The zero-order valence-electron chi connectivity index (χ0n) is 21.0. The molecule has 0 amide bonds. The number of hydrogen-bond acceptors (Lipinski definition) is 7. The highest BCUT2D eigenvalue weighted by atomic mass is 32.2. The number of aromatic nitrogens is 1. The van der Waals surface area contributed by atoms with Crippen molar-refractivity contribution >= 4 is 42.7 Å². The summed E-state index contributed by atoms with van der Waals surface area (Å²) in [7, 11) is -2.51. The van der Waals surface area contributed by atoms with Crippen molar-refractivity contribution in [2.75, 3.05) is 49.6 Å². The first-order valence-electron chi connectivity index (χ1n) is 12.3. The lowest BCUT2D eigenvalue weighted by Crippen LogP contribution is -2.48. The van der Waals surface area contributed by atoms with Crippen molar-refractivity contribution in [2.45, 2.75) is 13.0 Å². The first-order chi connectivity index (χ1) is 18.3. The van der Waals surface area contributed by atoms with E-state index in [0.717, 1.165) is 32.9 Å². The number of fused-ring (bicyclic) bond motifs is 1. The molecule has 0 radical (unpaired) electrons. The smallest absolute Gasteiger partial charge is 0.336 e. The lowest BCUT2D eigenvalue weighted by molar-refractivity contribution is 0.335. The van der Waals surface area contributed by atoms with Crippen molar-refractivity contribution in [3.63, 3.8) is 0 Å². The standard InChI is InChI=1S/C27H29FN4O4S2/c1-36-23-11-7-20(8-12-23)13-14-31(27-29-25-4-2-3-24(28)26(25)37-27)19-21-5-9-22(10-6-21)30-15-17-32(18-16-30)38(33,34)35/h2-12H,13-19H2,1H3,(H,33,34,35). The van der Waals surface area contributed by atoms with Gasteiger partial charge in [0, 0.05) is 45.0 Å². The van der Waals surface area contributed by atoms with Gasteiger partial charge in [0.05, 0.1) is 17.3 Å². The van der Waals surface area contributed by atoms with E-state index in [1.54, 1.807) is 13.2 Å². The van der Waals surface area contributed by atoms with Crippen LogP contribution < -0.4 is 14.5 Å². The molecule has 1 fully saturated rings. The minimum absolute atomic E-state index is 0.244. The Morgan fingerprint density at radius 1 is 1.00 bits per heavy atom. The van der Waals surface area contributed by atoms with Crippen LogP contribution in [0, 0.1) is 5.82 Å². The SMILES string of the molecule is COc1ccc(CCN(Cc2ccc(N3CCN(S(=O)(=O)O)CC3)cc2)c2nc3cccc(F)c3s2)cc1. The van der Waals surface area contributed by atoms with Gasteiger partial charge in [-0.3, -0.25) is 4.55 Å². The van der Waals surface area contributed by atoms with Crippen molar-refractivity contribution in [1.29, 1.82) is 0 Å². The Balaban J connectivity index is 1.32. The highest BCUT2D eigenvalue weighted by molar-refractivity contribution is 7.83. The number of methoxy groups -OCH3 is 1. The second-order valence-electron chi connectivity index (χ2n) is 9.13. The molecular weight excluding hydrogens is 527 g/mol. The quantitative estimate of drug-likeness (QED) is 0.301. The molecule has 1 saturated heterocycles. The van der Waals surface area contributed by atoms with E-state index in [0.29, 0.717) is 36.4 Å². The number of thiazole rings is 1. The first kappa shape index (κ1) is 26.4. The van der Waals surface area contributed by atoms with Gasteiger partial charge < -0.3 is 14.5 Å². The second-order valence-corrected chi connectivity index (χ2v) is 11.5. The van der Waals surface area contributed by atoms with Gasteiger partial charge in [-0.15, -0.1) is 0 Å². The molecular formula is C27H29FN4O4S2. The molecule has 1 aromatic heterocycles. The fourth-order valence-corrected chi connectivity index (χ4v) is 6.17. The maximum Gasteiger partial charge on any atom is 0.336 e. The molecule has 1 aliphatic heterocycles. The number of anilines is 2. The normalized spacial score (nSPS) is 14.7. The highest BCUT2D eigenvalue weighted by Crippen LogP contribution is 2.32. The average Bonchev–Trinajstić information content (AvgIpc) is 3.37. The van der Waals surface area contributed by atoms with Crippen LogP contribution >= 0.6 is 11.3 Å². The fraction of sp³-hybridized carbons (Fsp3) is 0.296. The van der Waals surface area contributed by atoms with Crippen LogP contribution in [0.1, 0.15) is 11.1 Å².